The Kier molecular flexibility index (Phi) is 5.22. The van der Waals surface area contributed by atoms with Gasteiger partial charge >= 0.3 is 0 Å². The molecule has 0 N–H and O–H groups in total. The van der Waals surface area contributed by atoms with E-state index < -0.39 is 0 Å². The third kappa shape index (κ3) is 4.98. The first-order valence-corrected chi connectivity index (χ1v) is 7.38. The molecule has 0 atom stereocenters. The molecular formula is C16H30N2. The lowest BCUT2D eigenvalue weighted by Gasteiger charge is -2.39. The van der Waals surface area contributed by atoms with E-state index in [1.54, 1.807) is 0 Å². The van der Waals surface area contributed by atoms with E-state index in [0.717, 1.165) is 18.8 Å². The summed E-state index contributed by atoms with van der Waals surface area (Å²) in [7, 11) is 0. The van der Waals surface area contributed by atoms with Gasteiger partial charge in [0.25, 0.3) is 0 Å². The summed E-state index contributed by atoms with van der Waals surface area (Å²) < 4.78 is 0. The van der Waals surface area contributed by atoms with Gasteiger partial charge in [-0.15, -0.1) is 0 Å². The van der Waals surface area contributed by atoms with E-state index >= 15 is 0 Å². The van der Waals surface area contributed by atoms with Gasteiger partial charge < -0.3 is 4.90 Å². The number of hydrogen-bond donors (Lipinski definition) is 0. The third-order valence-corrected chi connectivity index (χ3v) is 4.39. The van der Waals surface area contributed by atoms with Crippen LogP contribution in [-0.4, -0.2) is 24.5 Å². The number of nitriles is 1. The first-order valence-electron chi connectivity index (χ1n) is 7.38. The monoisotopic (exact) mass is 250 g/mol. The molecule has 1 aliphatic rings. The van der Waals surface area contributed by atoms with Crippen molar-refractivity contribution in [3.8, 4) is 6.07 Å². The summed E-state index contributed by atoms with van der Waals surface area (Å²) in [4.78, 5) is 2.58. The Morgan fingerprint density at radius 3 is 2.11 bits per heavy atom. The average Bonchev–Trinajstić information content (AvgIpc) is 2.28. The first-order chi connectivity index (χ1) is 8.24. The highest BCUT2D eigenvalue weighted by Gasteiger charge is 2.28. The number of hydrogen-bond acceptors (Lipinski definition) is 2. The molecule has 0 unspecified atom stereocenters. The fraction of sp³-hybridized carbons (Fsp3) is 0.938. The molecule has 0 amide bonds. The number of rotatable bonds is 4. The zero-order valence-corrected chi connectivity index (χ0v) is 12.9. The van der Waals surface area contributed by atoms with Crippen molar-refractivity contribution < 1.29 is 0 Å². The normalized spacial score (nSPS) is 19.8. The van der Waals surface area contributed by atoms with E-state index in [1.807, 2.05) is 13.8 Å². The van der Waals surface area contributed by atoms with Crippen LogP contribution in [0.1, 0.15) is 60.3 Å². The van der Waals surface area contributed by atoms with Crippen LogP contribution in [0.3, 0.4) is 0 Å². The molecule has 2 heteroatoms. The van der Waals surface area contributed by atoms with E-state index in [0.29, 0.717) is 5.41 Å². The Morgan fingerprint density at radius 1 is 1.11 bits per heavy atom. The smallest absolute Gasteiger partial charge is 0.0683 e. The molecular weight excluding hydrogens is 220 g/mol. The Balaban J connectivity index is 2.23. The van der Waals surface area contributed by atoms with Gasteiger partial charge in [-0.3, -0.25) is 0 Å². The van der Waals surface area contributed by atoms with Crippen molar-refractivity contribution in [3.05, 3.63) is 0 Å². The van der Waals surface area contributed by atoms with E-state index in [4.69, 9.17) is 5.26 Å². The molecule has 1 fully saturated rings. The maximum Gasteiger partial charge on any atom is 0.0683 e. The van der Waals surface area contributed by atoms with Crippen LogP contribution in [0.4, 0.5) is 0 Å². The van der Waals surface area contributed by atoms with Crippen LogP contribution in [0, 0.1) is 28.1 Å². The highest BCUT2D eigenvalue weighted by Crippen LogP contribution is 2.34. The largest absolute Gasteiger partial charge is 0.303 e. The molecule has 0 aromatic rings. The molecule has 2 nitrogen and oxygen atoms in total. The molecule has 0 radical (unpaired) electrons. The summed E-state index contributed by atoms with van der Waals surface area (Å²) in [5.74, 6) is 0.879. The van der Waals surface area contributed by atoms with Gasteiger partial charge in [-0.25, -0.2) is 0 Å². The lowest BCUT2D eigenvalue weighted by atomic mass is 9.75. The Morgan fingerprint density at radius 2 is 1.67 bits per heavy atom. The van der Waals surface area contributed by atoms with Crippen molar-refractivity contribution in [2.45, 2.75) is 60.3 Å². The predicted molar refractivity (Wildman–Crippen MR) is 77.2 cm³/mol. The molecule has 1 rings (SSSR count). The average molecular weight is 250 g/mol. The highest BCUT2D eigenvalue weighted by molar-refractivity contribution is 4.91. The van der Waals surface area contributed by atoms with Crippen molar-refractivity contribution in [1.29, 1.82) is 5.26 Å². The van der Waals surface area contributed by atoms with Gasteiger partial charge in [-0.1, -0.05) is 20.8 Å². The SMILES string of the molecule is CC(C)(C#N)CCCN1CCC(C(C)(C)C)CC1. The zero-order valence-electron chi connectivity index (χ0n) is 12.9. The number of piperidine rings is 1. The highest BCUT2D eigenvalue weighted by atomic mass is 15.1. The van der Waals surface area contributed by atoms with Crippen molar-refractivity contribution >= 4 is 0 Å². The Hall–Kier alpha value is -0.550. The lowest BCUT2D eigenvalue weighted by Crippen LogP contribution is -2.38. The molecule has 0 aromatic carbocycles. The first kappa shape index (κ1) is 15.5. The molecule has 18 heavy (non-hydrogen) atoms. The van der Waals surface area contributed by atoms with Crippen LogP contribution in [0.25, 0.3) is 0 Å². The zero-order chi connectivity index (χ0) is 13.8. The molecule has 1 heterocycles. The van der Waals surface area contributed by atoms with Gasteiger partial charge in [0, 0.05) is 0 Å². The maximum atomic E-state index is 8.99. The molecule has 0 aliphatic carbocycles. The second-order valence-corrected chi connectivity index (χ2v) is 7.58. The van der Waals surface area contributed by atoms with Crippen LogP contribution >= 0.6 is 0 Å². The molecule has 0 saturated carbocycles. The molecule has 104 valence electrons. The minimum Gasteiger partial charge on any atom is -0.303 e. The second-order valence-electron chi connectivity index (χ2n) is 7.58. The van der Waals surface area contributed by atoms with E-state index in [1.165, 1.54) is 32.5 Å². The van der Waals surface area contributed by atoms with Crippen LogP contribution in [0.2, 0.25) is 0 Å². The Bertz CT molecular complexity index is 285. The van der Waals surface area contributed by atoms with Crippen LogP contribution in [0.15, 0.2) is 0 Å². The van der Waals surface area contributed by atoms with E-state index in [2.05, 4.69) is 31.7 Å². The van der Waals surface area contributed by atoms with Crippen molar-refractivity contribution in [1.82, 2.24) is 4.90 Å². The summed E-state index contributed by atoms with van der Waals surface area (Å²) in [6, 6.07) is 2.39. The number of likely N-dealkylation sites (tertiary alicyclic amines) is 1. The van der Waals surface area contributed by atoms with Gasteiger partial charge in [0.05, 0.1) is 11.5 Å². The van der Waals surface area contributed by atoms with Gasteiger partial charge in [-0.05, 0) is 70.5 Å². The third-order valence-electron chi connectivity index (χ3n) is 4.39. The van der Waals surface area contributed by atoms with E-state index in [-0.39, 0.29) is 5.41 Å². The van der Waals surface area contributed by atoms with Crippen LogP contribution in [0.5, 0.6) is 0 Å². The molecule has 1 aliphatic heterocycles. The maximum absolute atomic E-state index is 8.99. The molecule has 0 spiro atoms. The summed E-state index contributed by atoms with van der Waals surface area (Å²) in [5, 5.41) is 8.99. The summed E-state index contributed by atoms with van der Waals surface area (Å²) in [6.45, 7) is 14.8. The minimum atomic E-state index is -0.149. The van der Waals surface area contributed by atoms with Gasteiger partial charge in [0.1, 0.15) is 0 Å². The summed E-state index contributed by atoms with van der Waals surface area (Å²) in [6.07, 6.45) is 4.85. The van der Waals surface area contributed by atoms with Crippen LogP contribution in [-0.2, 0) is 0 Å². The summed E-state index contributed by atoms with van der Waals surface area (Å²) >= 11 is 0. The Labute approximate surface area is 113 Å². The van der Waals surface area contributed by atoms with E-state index in [9.17, 15) is 0 Å². The van der Waals surface area contributed by atoms with Gasteiger partial charge in [0.2, 0.25) is 0 Å². The lowest BCUT2D eigenvalue weighted by molar-refractivity contribution is 0.110. The quantitative estimate of drug-likeness (QED) is 0.752. The fourth-order valence-corrected chi connectivity index (χ4v) is 2.82. The van der Waals surface area contributed by atoms with Crippen molar-refractivity contribution in [2.24, 2.45) is 16.7 Å². The van der Waals surface area contributed by atoms with Crippen LogP contribution < -0.4 is 0 Å². The predicted octanol–water partition coefficient (Wildman–Crippen LogP) is 4.07. The number of nitrogens with zero attached hydrogens (tertiary/aromatic N) is 2. The summed E-state index contributed by atoms with van der Waals surface area (Å²) in [5.41, 5.74) is 0.318. The van der Waals surface area contributed by atoms with Crippen molar-refractivity contribution in [2.75, 3.05) is 19.6 Å². The molecule has 0 aromatic heterocycles. The van der Waals surface area contributed by atoms with Gasteiger partial charge in [-0.2, -0.15) is 5.26 Å². The van der Waals surface area contributed by atoms with Crippen molar-refractivity contribution in [3.63, 3.8) is 0 Å². The fourth-order valence-electron chi connectivity index (χ4n) is 2.82. The standard InChI is InChI=1S/C16H30N2/c1-15(2,3)14-7-11-18(12-8-14)10-6-9-16(4,5)13-17/h14H,6-12H2,1-5H3. The minimum absolute atomic E-state index is 0.149. The molecule has 0 bridgehead atoms. The van der Waals surface area contributed by atoms with Gasteiger partial charge in [0.15, 0.2) is 0 Å². The topological polar surface area (TPSA) is 27.0 Å². The molecule has 1 saturated heterocycles. The second kappa shape index (κ2) is 6.06.